The van der Waals surface area contributed by atoms with Crippen molar-refractivity contribution in [3.63, 3.8) is 0 Å². The molecule has 29 heavy (non-hydrogen) atoms. The zero-order valence-corrected chi connectivity index (χ0v) is 17.1. The third kappa shape index (κ3) is 5.22. The molecule has 0 aliphatic carbocycles. The first-order valence-corrected chi connectivity index (χ1v) is 9.72. The fraction of sp³-hybridized carbons (Fsp3) is 0.348. The highest BCUT2D eigenvalue weighted by molar-refractivity contribution is 5.78. The van der Waals surface area contributed by atoms with E-state index in [1.54, 1.807) is 14.2 Å². The maximum Gasteiger partial charge on any atom is 0.260 e. The average Bonchev–Trinajstić information content (AvgIpc) is 2.78. The number of anilines is 1. The zero-order valence-electron chi connectivity index (χ0n) is 17.1. The third-order valence-electron chi connectivity index (χ3n) is 5.03. The summed E-state index contributed by atoms with van der Waals surface area (Å²) in [7, 11) is 3.26. The van der Waals surface area contributed by atoms with E-state index in [1.807, 2.05) is 53.4 Å². The maximum absolute atomic E-state index is 12.6. The van der Waals surface area contributed by atoms with E-state index in [0.717, 1.165) is 36.5 Å². The van der Waals surface area contributed by atoms with E-state index in [4.69, 9.17) is 14.2 Å². The number of ether oxygens (including phenoxy) is 3. The smallest absolute Gasteiger partial charge is 0.260 e. The van der Waals surface area contributed by atoms with Gasteiger partial charge < -0.3 is 24.0 Å². The predicted octanol–water partition coefficient (Wildman–Crippen LogP) is 3.16. The Morgan fingerprint density at radius 2 is 1.72 bits per heavy atom. The molecule has 6 heteroatoms. The van der Waals surface area contributed by atoms with Gasteiger partial charge in [-0.1, -0.05) is 12.1 Å². The first kappa shape index (κ1) is 20.6. The van der Waals surface area contributed by atoms with Gasteiger partial charge in [0.1, 0.15) is 5.75 Å². The van der Waals surface area contributed by atoms with Crippen LogP contribution in [-0.4, -0.2) is 57.8 Å². The van der Waals surface area contributed by atoms with Gasteiger partial charge in [0.25, 0.3) is 5.91 Å². The van der Waals surface area contributed by atoms with Crippen LogP contribution in [0, 0.1) is 0 Å². The van der Waals surface area contributed by atoms with Crippen LogP contribution < -0.4 is 19.1 Å². The van der Waals surface area contributed by atoms with E-state index < -0.39 is 0 Å². The van der Waals surface area contributed by atoms with E-state index in [-0.39, 0.29) is 12.5 Å². The van der Waals surface area contributed by atoms with Crippen LogP contribution in [0.2, 0.25) is 0 Å². The molecule has 154 valence electrons. The normalized spacial score (nSPS) is 13.7. The summed E-state index contributed by atoms with van der Waals surface area (Å²) in [4.78, 5) is 16.7. The van der Waals surface area contributed by atoms with Crippen molar-refractivity contribution in [1.29, 1.82) is 0 Å². The van der Waals surface area contributed by atoms with E-state index in [0.29, 0.717) is 24.6 Å². The molecular weight excluding hydrogens is 368 g/mol. The highest BCUT2D eigenvalue weighted by Crippen LogP contribution is 2.28. The van der Waals surface area contributed by atoms with Gasteiger partial charge in [0, 0.05) is 31.9 Å². The summed E-state index contributed by atoms with van der Waals surface area (Å²) in [5.74, 6) is 2.02. The molecule has 6 nitrogen and oxygen atoms in total. The van der Waals surface area contributed by atoms with Crippen molar-refractivity contribution in [3.05, 3.63) is 60.7 Å². The minimum absolute atomic E-state index is 0.000297. The van der Waals surface area contributed by atoms with Gasteiger partial charge in [-0.3, -0.25) is 4.79 Å². The van der Waals surface area contributed by atoms with Crippen molar-refractivity contribution < 1.29 is 19.0 Å². The molecule has 3 rings (SSSR count). The van der Waals surface area contributed by atoms with Gasteiger partial charge in [-0.05, 0) is 48.4 Å². The SMILES string of the molecule is C=CCc1ccc(OCC(=O)N2CCN(c3ccc(OC)cc3)CC2)c(OC)c1. The van der Waals surface area contributed by atoms with Gasteiger partial charge in [0.05, 0.1) is 14.2 Å². The lowest BCUT2D eigenvalue weighted by molar-refractivity contribution is -0.133. The van der Waals surface area contributed by atoms with Crippen LogP contribution in [0.5, 0.6) is 17.2 Å². The van der Waals surface area contributed by atoms with Crippen molar-refractivity contribution in [1.82, 2.24) is 4.90 Å². The summed E-state index contributed by atoms with van der Waals surface area (Å²) in [5.41, 5.74) is 2.23. The van der Waals surface area contributed by atoms with Gasteiger partial charge in [-0.25, -0.2) is 0 Å². The van der Waals surface area contributed by atoms with Crippen molar-refractivity contribution in [2.75, 3.05) is 51.9 Å². The number of carbonyl (C=O) groups excluding carboxylic acids is 1. The van der Waals surface area contributed by atoms with Gasteiger partial charge in [0.15, 0.2) is 18.1 Å². The highest BCUT2D eigenvalue weighted by Gasteiger charge is 2.22. The van der Waals surface area contributed by atoms with Crippen molar-refractivity contribution in [2.24, 2.45) is 0 Å². The van der Waals surface area contributed by atoms with Crippen LogP contribution in [0.25, 0.3) is 0 Å². The molecule has 0 bridgehead atoms. The summed E-state index contributed by atoms with van der Waals surface area (Å²) in [5, 5.41) is 0. The second-order valence-corrected chi connectivity index (χ2v) is 6.83. The Bertz CT molecular complexity index is 827. The molecule has 1 aliphatic rings. The average molecular weight is 396 g/mol. The number of hydrogen-bond donors (Lipinski definition) is 0. The number of rotatable bonds is 8. The lowest BCUT2D eigenvalue weighted by Crippen LogP contribution is -2.50. The molecule has 0 unspecified atom stereocenters. The predicted molar refractivity (Wildman–Crippen MR) is 114 cm³/mol. The zero-order chi connectivity index (χ0) is 20.6. The molecule has 0 aromatic heterocycles. The van der Waals surface area contributed by atoms with Crippen molar-refractivity contribution in [2.45, 2.75) is 6.42 Å². The first-order valence-electron chi connectivity index (χ1n) is 9.72. The Labute approximate surface area is 172 Å². The molecule has 1 heterocycles. The Hall–Kier alpha value is -3.15. The van der Waals surface area contributed by atoms with Crippen molar-refractivity contribution in [3.8, 4) is 17.2 Å². The Balaban J connectivity index is 1.51. The molecule has 0 saturated carbocycles. The van der Waals surface area contributed by atoms with Crippen LogP contribution >= 0.6 is 0 Å². The number of carbonyl (C=O) groups is 1. The van der Waals surface area contributed by atoms with E-state index in [1.165, 1.54) is 0 Å². The van der Waals surface area contributed by atoms with Gasteiger partial charge >= 0.3 is 0 Å². The molecule has 0 spiro atoms. The summed E-state index contributed by atoms with van der Waals surface area (Å²) in [6, 6.07) is 13.7. The molecule has 0 radical (unpaired) electrons. The van der Waals surface area contributed by atoms with Crippen molar-refractivity contribution >= 4 is 11.6 Å². The number of hydrogen-bond acceptors (Lipinski definition) is 5. The molecule has 2 aromatic rings. The number of allylic oxidation sites excluding steroid dienone is 1. The highest BCUT2D eigenvalue weighted by atomic mass is 16.5. The largest absolute Gasteiger partial charge is 0.497 e. The molecule has 1 amide bonds. The van der Waals surface area contributed by atoms with Gasteiger partial charge in [0.2, 0.25) is 0 Å². The second kappa shape index (κ2) is 9.87. The fourth-order valence-corrected chi connectivity index (χ4v) is 3.36. The van der Waals surface area contributed by atoms with E-state index in [2.05, 4.69) is 11.5 Å². The second-order valence-electron chi connectivity index (χ2n) is 6.83. The molecule has 0 N–H and O–H groups in total. The van der Waals surface area contributed by atoms with E-state index in [9.17, 15) is 4.79 Å². The minimum atomic E-state index is -0.0170. The monoisotopic (exact) mass is 396 g/mol. The molecular formula is C23H28N2O4. The standard InChI is InChI=1S/C23H28N2O4/c1-4-5-18-6-11-21(22(16-18)28-3)29-17-23(26)25-14-12-24(13-15-25)19-7-9-20(27-2)10-8-19/h4,6-11,16H,1,5,12-15,17H2,2-3H3. The molecule has 1 saturated heterocycles. The Morgan fingerprint density at radius 3 is 2.34 bits per heavy atom. The quantitative estimate of drug-likeness (QED) is 0.642. The number of piperazine rings is 1. The van der Waals surface area contributed by atoms with Gasteiger partial charge in [-0.2, -0.15) is 0 Å². The molecule has 1 aliphatic heterocycles. The first-order chi connectivity index (χ1) is 14.1. The summed E-state index contributed by atoms with van der Waals surface area (Å²) in [6.45, 7) is 6.67. The fourth-order valence-electron chi connectivity index (χ4n) is 3.36. The summed E-state index contributed by atoms with van der Waals surface area (Å²) < 4.78 is 16.3. The van der Waals surface area contributed by atoms with Crippen LogP contribution in [0.3, 0.4) is 0 Å². The molecule has 0 atom stereocenters. The van der Waals surface area contributed by atoms with Crippen LogP contribution in [0.15, 0.2) is 55.1 Å². The Kier molecular flexibility index (Phi) is 7.00. The number of methoxy groups -OCH3 is 2. The third-order valence-corrected chi connectivity index (χ3v) is 5.03. The topological polar surface area (TPSA) is 51.2 Å². The van der Waals surface area contributed by atoms with Crippen LogP contribution in [-0.2, 0) is 11.2 Å². The summed E-state index contributed by atoms with van der Waals surface area (Å²) >= 11 is 0. The van der Waals surface area contributed by atoms with Gasteiger partial charge in [-0.15, -0.1) is 6.58 Å². The lowest BCUT2D eigenvalue weighted by Gasteiger charge is -2.36. The maximum atomic E-state index is 12.6. The molecule has 2 aromatic carbocycles. The number of nitrogens with zero attached hydrogens (tertiary/aromatic N) is 2. The van der Waals surface area contributed by atoms with E-state index >= 15 is 0 Å². The lowest BCUT2D eigenvalue weighted by atomic mass is 10.1. The van der Waals surface area contributed by atoms with Crippen LogP contribution in [0.1, 0.15) is 5.56 Å². The number of benzene rings is 2. The summed E-state index contributed by atoms with van der Waals surface area (Å²) in [6.07, 6.45) is 2.60. The Morgan fingerprint density at radius 1 is 1.00 bits per heavy atom. The minimum Gasteiger partial charge on any atom is -0.497 e. The van der Waals surface area contributed by atoms with Crippen LogP contribution in [0.4, 0.5) is 5.69 Å². The molecule has 1 fully saturated rings. The number of amides is 1.